The van der Waals surface area contributed by atoms with Gasteiger partial charge in [-0.3, -0.25) is 9.78 Å². The summed E-state index contributed by atoms with van der Waals surface area (Å²) in [6.07, 6.45) is 11.4. The molecule has 1 amide bonds. The molecule has 2 N–H and O–H groups in total. The standard InChI is InChI=1S/C26H36N4O2/c1-20(32-25-10-5-13-27-19-25)18-28-22-11-14-30(15-12-22)24-9-4-8-23(17-24)29-26(31)16-21-6-2-3-7-21/h4-5,8-10,13,17,19-22,28H,2-3,6-7,11-12,14-16,18H2,1H3,(H,29,31). The summed E-state index contributed by atoms with van der Waals surface area (Å²) >= 11 is 0. The highest BCUT2D eigenvalue weighted by atomic mass is 16.5. The van der Waals surface area contributed by atoms with Gasteiger partial charge in [0.25, 0.3) is 0 Å². The molecular weight excluding hydrogens is 400 g/mol. The maximum absolute atomic E-state index is 12.4. The fourth-order valence-electron chi connectivity index (χ4n) is 4.83. The van der Waals surface area contributed by atoms with E-state index in [1.54, 1.807) is 12.4 Å². The minimum Gasteiger partial charge on any atom is -0.488 e. The molecule has 1 unspecified atom stereocenters. The number of hydrogen-bond acceptors (Lipinski definition) is 5. The Morgan fingerprint density at radius 2 is 1.97 bits per heavy atom. The summed E-state index contributed by atoms with van der Waals surface area (Å²) in [6.45, 7) is 4.92. The van der Waals surface area contributed by atoms with E-state index in [9.17, 15) is 4.79 Å². The molecule has 4 rings (SSSR count). The van der Waals surface area contributed by atoms with Crippen LogP contribution in [0.5, 0.6) is 5.75 Å². The van der Waals surface area contributed by atoms with Crippen molar-refractivity contribution in [2.75, 3.05) is 29.9 Å². The third-order valence-corrected chi connectivity index (χ3v) is 6.60. The fourth-order valence-corrected chi connectivity index (χ4v) is 4.83. The van der Waals surface area contributed by atoms with Crippen LogP contribution in [0.2, 0.25) is 0 Å². The summed E-state index contributed by atoms with van der Waals surface area (Å²) in [5.74, 6) is 1.54. The number of hydrogen-bond donors (Lipinski definition) is 2. The van der Waals surface area contributed by atoms with Crippen molar-refractivity contribution >= 4 is 17.3 Å². The number of carbonyl (C=O) groups excluding carboxylic acids is 1. The fraction of sp³-hybridized carbons (Fsp3) is 0.538. The lowest BCUT2D eigenvalue weighted by Crippen LogP contribution is -2.45. The lowest BCUT2D eigenvalue weighted by molar-refractivity contribution is -0.117. The third-order valence-electron chi connectivity index (χ3n) is 6.60. The molecule has 0 spiro atoms. The number of benzene rings is 1. The van der Waals surface area contributed by atoms with Gasteiger partial charge in [0, 0.05) is 49.7 Å². The van der Waals surface area contributed by atoms with Gasteiger partial charge in [0.05, 0.1) is 6.20 Å². The molecule has 1 saturated heterocycles. The molecular formula is C26H36N4O2. The third kappa shape index (κ3) is 6.70. The smallest absolute Gasteiger partial charge is 0.224 e. The molecule has 2 heterocycles. The van der Waals surface area contributed by atoms with Crippen LogP contribution < -0.4 is 20.3 Å². The molecule has 6 nitrogen and oxygen atoms in total. The Kier molecular flexibility index (Phi) is 7.99. The van der Waals surface area contributed by atoms with Crippen molar-refractivity contribution in [3.8, 4) is 5.75 Å². The molecule has 172 valence electrons. The lowest BCUT2D eigenvalue weighted by Gasteiger charge is -2.34. The van der Waals surface area contributed by atoms with Crippen molar-refractivity contribution in [2.24, 2.45) is 5.92 Å². The van der Waals surface area contributed by atoms with Crippen LogP contribution in [0, 0.1) is 5.92 Å². The lowest BCUT2D eigenvalue weighted by atomic mass is 10.0. The molecule has 32 heavy (non-hydrogen) atoms. The number of nitrogens with zero attached hydrogens (tertiary/aromatic N) is 2. The van der Waals surface area contributed by atoms with Crippen molar-refractivity contribution < 1.29 is 9.53 Å². The van der Waals surface area contributed by atoms with Crippen molar-refractivity contribution in [2.45, 2.75) is 64.0 Å². The number of piperidine rings is 1. The molecule has 2 fully saturated rings. The zero-order chi connectivity index (χ0) is 22.2. The second-order valence-corrected chi connectivity index (χ2v) is 9.24. The zero-order valence-electron chi connectivity index (χ0n) is 19.1. The quantitative estimate of drug-likeness (QED) is 0.600. The van der Waals surface area contributed by atoms with Crippen molar-refractivity contribution in [1.29, 1.82) is 0 Å². The van der Waals surface area contributed by atoms with Crippen molar-refractivity contribution in [3.05, 3.63) is 48.8 Å². The van der Waals surface area contributed by atoms with E-state index in [0.717, 1.165) is 43.9 Å². The number of pyridine rings is 1. The van der Waals surface area contributed by atoms with Crippen LogP contribution in [0.4, 0.5) is 11.4 Å². The van der Waals surface area contributed by atoms with Gasteiger partial charge in [-0.15, -0.1) is 0 Å². The largest absolute Gasteiger partial charge is 0.488 e. The number of nitrogens with one attached hydrogen (secondary N) is 2. The Labute approximate surface area is 191 Å². The van der Waals surface area contributed by atoms with Crippen LogP contribution in [0.1, 0.15) is 51.9 Å². The molecule has 1 aromatic heterocycles. The first-order valence-electron chi connectivity index (χ1n) is 12.1. The van der Waals surface area contributed by atoms with E-state index in [-0.39, 0.29) is 12.0 Å². The van der Waals surface area contributed by atoms with E-state index in [2.05, 4.69) is 39.6 Å². The second-order valence-electron chi connectivity index (χ2n) is 9.24. The number of anilines is 2. The van der Waals surface area contributed by atoms with Gasteiger partial charge in [-0.25, -0.2) is 0 Å². The highest BCUT2D eigenvalue weighted by Crippen LogP contribution is 2.28. The van der Waals surface area contributed by atoms with E-state index in [4.69, 9.17) is 4.74 Å². The summed E-state index contributed by atoms with van der Waals surface area (Å²) in [5.41, 5.74) is 2.10. The highest BCUT2D eigenvalue weighted by Gasteiger charge is 2.21. The SMILES string of the molecule is CC(CNC1CCN(c2cccc(NC(=O)CC3CCCC3)c2)CC1)Oc1cccnc1. The summed E-state index contributed by atoms with van der Waals surface area (Å²) in [6, 6.07) is 12.6. The van der Waals surface area contributed by atoms with E-state index in [0.29, 0.717) is 18.4 Å². The first kappa shape index (κ1) is 22.6. The maximum atomic E-state index is 12.4. The first-order valence-corrected chi connectivity index (χ1v) is 12.1. The maximum Gasteiger partial charge on any atom is 0.224 e. The highest BCUT2D eigenvalue weighted by molar-refractivity contribution is 5.91. The van der Waals surface area contributed by atoms with Gasteiger partial charge in [0.2, 0.25) is 5.91 Å². The molecule has 1 aliphatic heterocycles. The zero-order valence-corrected chi connectivity index (χ0v) is 19.1. The Morgan fingerprint density at radius 1 is 1.16 bits per heavy atom. The Balaban J connectivity index is 1.20. The molecule has 1 saturated carbocycles. The van der Waals surface area contributed by atoms with E-state index in [1.807, 2.05) is 24.3 Å². The molecule has 1 aromatic carbocycles. The first-order chi connectivity index (χ1) is 15.7. The van der Waals surface area contributed by atoms with Gasteiger partial charge in [0.1, 0.15) is 11.9 Å². The molecule has 2 aromatic rings. The van der Waals surface area contributed by atoms with Crippen LogP contribution in [0.25, 0.3) is 0 Å². The normalized spacial score (nSPS) is 18.5. The predicted octanol–water partition coefficient (Wildman–Crippen LogP) is 4.63. The number of ether oxygens (including phenoxy) is 1. The number of aromatic nitrogens is 1. The van der Waals surface area contributed by atoms with Crippen LogP contribution in [-0.2, 0) is 4.79 Å². The summed E-state index contributed by atoms with van der Waals surface area (Å²) in [5, 5.41) is 6.77. The minimum absolute atomic E-state index is 0.0988. The van der Waals surface area contributed by atoms with Crippen molar-refractivity contribution in [1.82, 2.24) is 10.3 Å². The summed E-state index contributed by atoms with van der Waals surface area (Å²) in [4.78, 5) is 18.9. The van der Waals surface area contributed by atoms with E-state index in [1.165, 1.54) is 31.4 Å². The Bertz CT molecular complexity index is 846. The number of rotatable bonds is 9. The van der Waals surface area contributed by atoms with Crippen LogP contribution in [0.15, 0.2) is 48.8 Å². The molecule has 0 radical (unpaired) electrons. The Hall–Kier alpha value is -2.60. The predicted molar refractivity (Wildman–Crippen MR) is 129 cm³/mol. The molecule has 1 aliphatic carbocycles. The number of carbonyl (C=O) groups is 1. The minimum atomic E-state index is 0.0988. The van der Waals surface area contributed by atoms with Gasteiger partial charge in [0.15, 0.2) is 0 Å². The van der Waals surface area contributed by atoms with Gasteiger partial charge >= 0.3 is 0 Å². The van der Waals surface area contributed by atoms with Crippen molar-refractivity contribution in [3.63, 3.8) is 0 Å². The van der Waals surface area contributed by atoms with Gasteiger partial charge in [-0.05, 0) is 68.9 Å². The second kappa shape index (κ2) is 11.3. The molecule has 0 bridgehead atoms. The number of amides is 1. The molecule has 1 atom stereocenters. The van der Waals surface area contributed by atoms with Gasteiger partial charge in [-0.1, -0.05) is 18.9 Å². The van der Waals surface area contributed by atoms with Crippen LogP contribution in [-0.4, -0.2) is 42.7 Å². The monoisotopic (exact) mass is 436 g/mol. The average Bonchev–Trinajstić information content (AvgIpc) is 3.32. The van der Waals surface area contributed by atoms with Gasteiger partial charge in [-0.2, -0.15) is 0 Å². The van der Waals surface area contributed by atoms with E-state index < -0.39 is 0 Å². The summed E-state index contributed by atoms with van der Waals surface area (Å²) < 4.78 is 5.91. The van der Waals surface area contributed by atoms with Gasteiger partial charge < -0.3 is 20.3 Å². The molecule has 2 aliphatic rings. The average molecular weight is 437 g/mol. The molecule has 6 heteroatoms. The topological polar surface area (TPSA) is 66.5 Å². The van der Waals surface area contributed by atoms with Crippen LogP contribution >= 0.6 is 0 Å². The Morgan fingerprint density at radius 3 is 2.72 bits per heavy atom. The summed E-state index contributed by atoms with van der Waals surface area (Å²) in [7, 11) is 0. The van der Waals surface area contributed by atoms with E-state index >= 15 is 0 Å². The van der Waals surface area contributed by atoms with Crippen LogP contribution in [0.3, 0.4) is 0 Å².